The molecule has 1 aliphatic rings. The lowest BCUT2D eigenvalue weighted by Crippen LogP contribution is -2.34. The molecule has 3 N–H and O–H groups in total. The zero-order chi connectivity index (χ0) is 10.2. The number of amides is 1. The third-order valence-corrected chi connectivity index (χ3v) is 2.73. The maximum atomic E-state index is 10.9. The van der Waals surface area contributed by atoms with Crippen molar-refractivity contribution in [2.45, 2.75) is 24.9 Å². The highest BCUT2D eigenvalue weighted by Gasteiger charge is 2.36. The highest BCUT2D eigenvalue weighted by Crippen LogP contribution is 2.40. The highest BCUT2D eigenvalue weighted by atomic mass is 16.3. The van der Waals surface area contributed by atoms with E-state index in [1.54, 1.807) is 12.1 Å². The molecule has 4 nitrogen and oxygen atoms in total. The molecule has 1 amide bonds. The largest absolute Gasteiger partial charge is 0.385 e. The zero-order valence-electron chi connectivity index (χ0n) is 7.73. The predicted octanol–water partition coefficient (Wildman–Crippen LogP) is 0.552. The van der Waals surface area contributed by atoms with Crippen molar-refractivity contribution < 1.29 is 9.90 Å². The summed E-state index contributed by atoms with van der Waals surface area (Å²) in [6, 6.07) is 3.30. The number of nitrogens with two attached hydrogens (primary N) is 1. The molecule has 0 bridgehead atoms. The molecule has 14 heavy (non-hydrogen) atoms. The second-order valence-electron chi connectivity index (χ2n) is 3.68. The Morgan fingerprint density at radius 1 is 1.57 bits per heavy atom. The van der Waals surface area contributed by atoms with E-state index in [0.717, 1.165) is 24.8 Å². The van der Waals surface area contributed by atoms with Gasteiger partial charge >= 0.3 is 0 Å². The van der Waals surface area contributed by atoms with Crippen LogP contribution in [-0.2, 0) is 5.60 Å². The van der Waals surface area contributed by atoms with Gasteiger partial charge in [0.2, 0.25) is 0 Å². The monoisotopic (exact) mass is 192 g/mol. The minimum Gasteiger partial charge on any atom is -0.385 e. The van der Waals surface area contributed by atoms with Crippen molar-refractivity contribution >= 4 is 5.91 Å². The summed E-state index contributed by atoms with van der Waals surface area (Å²) in [6.07, 6.45) is 4.01. The third-order valence-electron chi connectivity index (χ3n) is 2.73. The Morgan fingerprint density at radius 3 is 2.79 bits per heavy atom. The van der Waals surface area contributed by atoms with Gasteiger partial charge < -0.3 is 10.8 Å². The maximum absolute atomic E-state index is 10.9. The molecule has 2 rings (SSSR count). The number of carbonyl (C=O) groups is 1. The molecule has 0 radical (unpaired) electrons. The van der Waals surface area contributed by atoms with E-state index >= 15 is 0 Å². The number of rotatable bonds is 2. The van der Waals surface area contributed by atoms with Crippen molar-refractivity contribution in [3.05, 3.63) is 29.6 Å². The lowest BCUT2D eigenvalue weighted by Gasteiger charge is -2.37. The number of hydrogen-bond donors (Lipinski definition) is 2. The van der Waals surface area contributed by atoms with Gasteiger partial charge in [-0.1, -0.05) is 0 Å². The van der Waals surface area contributed by atoms with E-state index in [-0.39, 0.29) is 5.69 Å². The first-order valence-corrected chi connectivity index (χ1v) is 4.60. The summed E-state index contributed by atoms with van der Waals surface area (Å²) in [5.41, 5.74) is 5.30. The Labute approximate surface area is 81.8 Å². The highest BCUT2D eigenvalue weighted by molar-refractivity contribution is 5.90. The number of primary amides is 1. The molecule has 1 fully saturated rings. The van der Waals surface area contributed by atoms with E-state index in [9.17, 15) is 9.90 Å². The fraction of sp³-hybridized carbons (Fsp3) is 0.400. The average Bonchev–Trinajstić information content (AvgIpc) is 2.14. The van der Waals surface area contributed by atoms with Crippen molar-refractivity contribution in [2.75, 3.05) is 0 Å². The van der Waals surface area contributed by atoms with Crippen LogP contribution in [0.5, 0.6) is 0 Å². The SMILES string of the molecule is NC(=O)c1cc(C2(O)CCC2)ccn1. The van der Waals surface area contributed by atoms with Crippen LogP contribution in [-0.4, -0.2) is 16.0 Å². The Bertz CT molecular complexity index is 372. The first-order valence-electron chi connectivity index (χ1n) is 4.60. The molecule has 1 aromatic heterocycles. The quantitative estimate of drug-likeness (QED) is 0.718. The number of hydrogen-bond acceptors (Lipinski definition) is 3. The zero-order valence-corrected chi connectivity index (χ0v) is 7.73. The number of aliphatic hydroxyl groups is 1. The van der Waals surface area contributed by atoms with Gasteiger partial charge in [0.1, 0.15) is 5.69 Å². The van der Waals surface area contributed by atoms with Crippen LogP contribution in [0.25, 0.3) is 0 Å². The Hall–Kier alpha value is -1.42. The lowest BCUT2D eigenvalue weighted by atomic mass is 9.75. The summed E-state index contributed by atoms with van der Waals surface area (Å²) in [5, 5.41) is 10.0. The molecule has 74 valence electrons. The summed E-state index contributed by atoms with van der Waals surface area (Å²) in [6.45, 7) is 0. The summed E-state index contributed by atoms with van der Waals surface area (Å²) < 4.78 is 0. The van der Waals surface area contributed by atoms with E-state index in [1.807, 2.05) is 0 Å². The van der Waals surface area contributed by atoms with Gasteiger partial charge in [-0.05, 0) is 37.0 Å². The van der Waals surface area contributed by atoms with Gasteiger partial charge in [-0.3, -0.25) is 9.78 Å². The second-order valence-corrected chi connectivity index (χ2v) is 3.68. The maximum Gasteiger partial charge on any atom is 0.267 e. The Morgan fingerprint density at radius 2 is 2.29 bits per heavy atom. The van der Waals surface area contributed by atoms with E-state index in [2.05, 4.69) is 4.98 Å². The van der Waals surface area contributed by atoms with Gasteiger partial charge in [0.25, 0.3) is 5.91 Å². The standard InChI is InChI=1S/C10H12N2O2/c11-9(13)8-6-7(2-5-12-8)10(14)3-1-4-10/h2,5-6,14H,1,3-4H2,(H2,11,13). The summed E-state index contributed by atoms with van der Waals surface area (Å²) in [7, 11) is 0. The lowest BCUT2D eigenvalue weighted by molar-refractivity contribution is -0.0388. The van der Waals surface area contributed by atoms with Crippen LogP contribution >= 0.6 is 0 Å². The molecule has 1 heterocycles. The first kappa shape index (κ1) is 9.15. The normalized spacial score (nSPS) is 18.6. The fourth-order valence-electron chi connectivity index (χ4n) is 1.66. The van der Waals surface area contributed by atoms with Gasteiger partial charge in [0.15, 0.2) is 0 Å². The molecule has 0 atom stereocenters. The molecule has 1 aliphatic carbocycles. The van der Waals surface area contributed by atoms with Gasteiger partial charge in [0.05, 0.1) is 5.60 Å². The number of carbonyl (C=O) groups excluding carboxylic acids is 1. The minimum absolute atomic E-state index is 0.211. The van der Waals surface area contributed by atoms with Crippen molar-refractivity contribution in [3.8, 4) is 0 Å². The van der Waals surface area contributed by atoms with Crippen molar-refractivity contribution in [1.82, 2.24) is 4.98 Å². The Balaban J connectivity index is 2.35. The van der Waals surface area contributed by atoms with Gasteiger partial charge in [0, 0.05) is 6.20 Å². The summed E-state index contributed by atoms with van der Waals surface area (Å²) >= 11 is 0. The Kier molecular flexibility index (Phi) is 2.00. The molecule has 0 saturated heterocycles. The van der Waals surface area contributed by atoms with E-state index in [1.165, 1.54) is 6.20 Å². The van der Waals surface area contributed by atoms with E-state index in [4.69, 9.17) is 5.73 Å². The van der Waals surface area contributed by atoms with Crippen LogP contribution < -0.4 is 5.73 Å². The number of aromatic nitrogens is 1. The van der Waals surface area contributed by atoms with Crippen LogP contribution in [0.15, 0.2) is 18.3 Å². The molecule has 0 aromatic carbocycles. The molecular weight excluding hydrogens is 180 g/mol. The van der Waals surface area contributed by atoms with Crippen molar-refractivity contribution in [2.24, 2.45) is 5.73 Å². The van der Waals surface area contributed by atoms with Gasteiger partial charge in [-0.25, -0.2) is 0 Å². The predicted molar refractivity (Wildman–Crippen MR) is 50.5 cm³/mol. The van der Waals surface area contributed by atoms with Crippen LogP contribution in [0.3, 0.4) is 0 Å². The van der Waals surface area contributed by atoms with Crippen LogP contribution in [0.1, 0.15) is 35.3 Å². The third kappa shape index (κ3) is 1.37. The topological polar surface area (TPSA) is 76.2 Å². The minimum atomic E-state index is -0.757. The molecule has 0 spiro atoms. The molecular formula is C10H12N2O2. The van der Waals surface area contributed by atoms with Crippen LogP contribution in [0, 0.1) is 0 Å². The number of nitrogens with zero attached hydrogens (tertiary/aromatic N) is 1. The summed E-state index contributed by atoms with van der Waals surface area (Å²) in [4.78, 5) is 14.7. The second kappa shape index (κ2) is 3.06. The first-order chi connectivity index (χ1) is 6.62. The van der Waals surface area contributed by atoms with E-state index in [0.29, 0.717) is 0 Å². The van der Waals surface area contributed by atoms with Crippen LogP contribution in [0.2, 0.25) is 0 Å². The van der Waals surface area contributed by atoms with Crippen LogP contribution in [0.4, 0.5) is 0 Å². The fourth-order valence-corrected chi connectivity index (χ4v) is 1.66. The molecule has 4 heteroatoms. The molecule has 1 saturated carbocycles. The molecule has 0 unspecified atom stereocenters. The molecule has 1 aromatic rings. The smallest absolute Gasteiger partial charge is 0.267 e. The van der Waals surface area contributed by atoms with E-state index < -0.39 is 11.5 Å². The van der Waals surface area contributed by atoms with Gasteiger partial charge in [-0.2, -0.15) is 0 Å². The van der Waals surface area contributed by atoms with Crippen molar-refractivity contribution in [3.63, 3.8) is 0 Å². The summed E-state index contributed by atoms with van der Waals surface area (Å²) in [5.74, 6) is -0.560. The van der Waals surface area contributed by atoms with Gasteiger partial charge in [-0.15, -0.1) is 0 Å². The average molecular weight is 192 g/mol. The van der Waals surface area contributed by atoms with Crippen molar-refractivity contribution in [1.29, 1.82) is 0 Å². The molecule has 0 aliphatic heterocycles. The number of pyridine rings is 1.